The first-order valence-electron chi connectivity index (χ1n) is 10.8. The number of hydrogen-bond donors (Lipinski definition) is 1. The van der Waals surface area contributed by atoms with Gasteiger partial charge in [-0.1, -0.05) is 71.8 Å². The summed E-state index contributed by atoms with van der Waals surface area (Å²) >= 11 is 0. The summed E-state index contributed by atoms with van der Waals surface area (Å²) < 4.78 is 20.2. The fraction of sp³-hybridized carbons (Fsp3) is 0.103. The van der Waals surface area contributed by atoms with Gasteiger partial charge in [-0.25, -0.2) is 4.39 Å². The van der Waals surface area contributed by atoms with Gasteiger partial charge in [0.25, 0.3) is 5.91 Å². The van der Waals surface area contributed by atoms with E-state index >= 15 is 0 Å². The van der Waals surface area contributed by atoms with Crippen molar-refractivity contribution in [2.24, 2.45) is 0 Å². The van der Waals surface area contributed by atoms with Gasteiger partial charge in [0.15, 0.2) is 0 Å². The van der Waals surface area contributed by atoms with Gasteiger partial charge in [0, 0.05) is 5.56 Å². The first kappa shape index (κ1) is 22.8. The average molecular weight is 451 g/mol. The highest BCUT2D eigenvalue weighted by atomic mass is 19.1. The number of carbonyl (C=O) groups is 1. The maximum atomic E-state index is 14.0. The van der Waals surface area contributed by atoms with Crippen LogP contribution in [0.25, 0.3) is 16.8 Å². The van der Waals surface area contributed by atoms with Gasteiger partial charge < -0.3 is 10.1 Å². The van der Waals surface area contributed by atoms with E-state index in [1.54, 1.807) is 6.07 Å². The zero-order chi connectivity index (χ0) is 24.1. The first-order chi connectivity index (χ1) is 16.4. The van der Waals surface area contributed by atoms with Gasteiger partial charge in [0.05, 0.1) is 5.69 Å². The third-order valence-corrected chi connectivity index (χ3v) is 5.38. The molecule has 168 valence electrons. The normalized spacial score (nSPS) is 11.2. The Hall–Kier alpha value is -4.43. The van der Waals surface area contributed by atoms with E-state index in [2.05, 4.69) is 23.5 Å². The summed E-state index contributed by atoms with van der Waals surface area (Å²) in [5, 5.41) is 14.0. The molecule has 34 heavy (non-hydrogen) atoms. The molecule has 0 saturated carbocycles. The van der Waals surface area contributed by atoms with E-state index in [9.17, 15) is 14.4 Å². The number of anilines is 1. The number of nitriles is 1. The van der Waals surface area contributed by atoms with E-state index in [4.69, 9.17) is 4.74 Å². The van der Waals surface area contributed by atoms with E-state index in [0.717, 1.165) is 27.5 Å². The van der Waals surface area contributed by atoms with Crippen molar-refractivity contribution in [3.63, 3.8) is 0 Å². The number of rotatable bonds is 6. The van der Waals surface area contributed by atoms with Crippen molar-refractivity contribution in [2.45, 2.75) is 20.5 Å². The fourth-order valence-corrected chi connectivity index (χ4v) is 3.91. The van der Waals surface area contributed by atoms with Crippen LogP contribution in [-0.2, 0) is 11.4 Å². The lowest BCUT2D eigenvalue weighted by molar-refractivity contribution is -0.112. The lowest BCUT2D eigenvalue weighted by Crippen LogP contribution is -2.14. The Kier molecular flexibility index (Phi) is 6.70. The van der Waals surface area contributed by atoms with Crippen LogP contribution in [0.4, 0.5) is 10.1 Å². The minimum Gasteiger partial charge on any atom is -0.488 e. The molecule has 0 spiro atoms. The summed E-state index contributed by atoms with van der Waals surface area (Å²) in [6, 6.07) is 25.4. The molecule has 4 nitrogen and oxygen atoms in total. The number of carbonyl (C=O) groups excluding carboxylic acids is 1. The standard InChI is InChI=1S/C29H23FN2O2/c1-19-13-20(2)15-21(14-19)18-34-28-12-11-22-7-3-4-8-24(22)25(28)16-23(17-31)29(33)32-27-10-6-5-9-26(27)30/h3-16H,18H2,1-2H3,(H,32,33)/b23-16+. The second-order valence-corrected chi connectivity index (χ2v) is 8.09. The van der Waals surface area contributed by atoms with Crippen LogP contribution in [0.5, 0.6) is 5.75 Å². The quantitative estimate of drug-likeness (QED) is 0.262. The summed E-state index contributed by atoms with van der Waals surface area (Å²) in [6.07, 6.45) is 1.50. The first-order valence-corrected chi connectivity index (χ1v) is 10.8. The minimum atomic E-state index is -0.694. The molecule has 0 bridgehead atoms. The smallest absolute Gasteiger partial charge is 0.266 e. The Labute approximate surface area is 197 Å². The summed E-state index contributed by atoms with van der Waals surface area (Å²) in [7, 11) is 0. The maximum Gasteiger partial charge on any atom is 0.266 e. The molecule has 0 heterocycles. The third-order valence-electron chi connectivity index (χ3n) is 5.38. The van der Waals surface area contributed by atoms with Gasteiger partial charge >= 0.3 is 0 Å². The molecule has 1 amide bonds. The molecule has 0 radical (unpaired) electrons. The second-order valence-electron chi connectivity index (χ2n) is 8.09. The second kappa shape index (κ2) is 10.0. The van der Waals surface area contributed by atoms with Crippen molar-refractivity contribution in [2.75, 3.05) is 5.32 Å². The Balaban J connectivity index is 1.71. The number of nitrogens with zero attached hydrogens (tertiary/aromatic N) is 1. The highest BCUT2D eigenvalue weighted by Gasteiger charge is 2.15. The van der Waals surface area contributed by atoms with Gasteiger partial charge in [-0.2, -0.15) is 5.26 Å². The van der Waals surface area contributed by atoms with E-state index in [0.29, 0.717) is 17.9 Å². The highest BCUT2D eigenvalue weighted by molar-refractivity contribution is 6.11. The molecule has 4 rings (SSSR count). The summed E-state index contributed by atoms with van der Waals surface area (Å²) in [5.74, 6) is -0.721. The number of ether oxygens (including phenoxy) is 1. The van der Waals surface area contributed by atoms with Crippen LogP contribution in [0.2, 0.25) is 0 Å². The highest BCUT2D eigenvalue weighted by Crippen LogP contribution is 2.31. The molecule has 5 heteroatoms. The fourth-order valence-electron chi connectivity index (χ4n) is 3.91. The van der Waals surface area contributed by atoms with Crippen molar-refractivity contribution in [1.82, 2.24) is 0 Å². The monoisotopic (exact) mass is 450 g/mol. The number of nitrogens with one attached hydrogen (secondary N) is 1. The van der Waals surface area contributed by atoms with Crippen LogP contribution in [0.3, 0.4) is 0 Å². The van der Waals surface area contributed by atoms with E-state index < -0.39 is 11.7 Å². The Morgan fingerprint density at radius 3 is 2.44 bits per heavy atom. The minimum absolute atomic E-state index is 0.0119. The number of aryl methyl sites for hydroxylation is 2. The molecule has 0 aliphatic heterocycles. The largest absolute Gasteiger partial charge is 0.488 e. The molecule has 0 aliphatic rings. The molecule has 0 aromatic heterocycles. The number of benzene rings is 4. The Bertz CT molecular complexity index is 1430. The van der Waals surface area contributed by atoms with Gasteiger partial charge in [-0.05, 0) is 54.5 Å². The molecular weight excluding hydrogens is 427 g/mol. The summed E-state index contributed by atoms with van der Waals surface area (Å²) in [5.41, 5.74) is 3.79. The SMILES string of the molecule is Cc1cc(C)cc(COc2ccc3ccccc3c2/C=C(\C#N)C(=O)Nc2ccccc2F)c1. The molecule has 0 aliphatic carbocycles. The number of amides is 1. The maximum absolute atomic E-state index is 14.0. The zero-order valence-electron chi connectivity index (χ0n) is 18.9. The third kappa shape index (κ3) is 5.13. The molecule has 4 aromatic rings. The number of hydrogen-bond acceptors (Lipinski definition) is 3. The molecule has 0 atom stereocenters. The summed E-state index contributed by atoms with van der Waals surface area (Å²) in [4.78, 5) is 12.8. The lowest BCUT2D eigenvalue weighted by Gasteiger charge is -2.14. The van der Waals surface area contributed by atoms with Crippen molar-refractivity contribution >= 4 is 28.4 Å². The average Bonchev–Trinajstić information content (AvgIpc) is 2.82. The predicted octanol–water partition coefficient (Wildman–Crippen LogP) is 6.72. The topological polar surface area (TPSA) is 62.1 Å². The summed E-state index contributed by atoms with van der Waals surface area (Å²) in [6.45, 7) is 4.41. The predicted molar refractivity (Wildman–Crippen MR) is 133 cm³/mol. The van der Waals surface area contributed by atoms with Crippen LogP contribution in [0, 0.1) is 31.0 Å². The molecule has 1 N–H and O–H groups in total. The van der Waals surface area contributed by atoms with Crippen LogP contribution in [0.1, 0.15) is 22.3 Å². The van der Waals surface area contributed by atoms with Crippen LogP contribution < -0.4 is 10.1 Å². The zero-order valence-corrected chi connectivity index (χ0v) is 18.9. The van der Waals surface area contributed by atoms with E-state index in [1.807, 2.05) is 56.3 Å². The van der Waals surface area contributed by atoms with Crippen molar-refractivity contribution in [3.05, 3.63) is 113 Å². The number of halogens is 1. The Morgan fingerprint density at radius 1 is 1.00 bits per heavy atom. The molecule has 0 fully saturated rings. The van der Waals surface area contributed by atoms with Crippen LogP contribution in [-0.4, -0.2) is 5.91 Å². The molecule has 0 saturated heterocycles. The molecule has 0 unspecified atom stereocenters. The molecular formula is C29H23FN2O2. The van der Waals surface area contributed by atoms with Gasteiger partial charge in [-0.3, -0.25) is 4.79 Å². The Morgan fingerprint density at radius 2 is 1.71 bits per heavy atom. The van der Waals surface area contributed by atoms with E-state index in [-0.39, 0.29) is 11.3 Å². The van der Waals surface area contributed by atoms with Crippen molar-refractivity contribution in [3.8, 4) is 11.8 Å². The van der Waals surface area contributed by atoms with Gasteiger partial charge in [0.2, 0.25) is 0 Å². The van der Waals surface area contributed by atoms with Gasteiger partial charge in [-0.15, -0.1) is 0 Å². The van der Waals surface area contributed by atoms with Crippen LogP contribution in [0.15, 0.2) is 84.4 Å². The van der Waals surface area contributed by atoms with Crippen molar-refractivity contribution in [1.29, 1.82) is 5.26 Å². The lowest BCUT2D eigenvalue weighted by atomic mass is 10.0. The van der Waals surface area contributed by atoms with E-state index in [1.165, 1.54) is 24.3 Å². The van der Waals surface area contributed by atoms with Crippen LogP contribution >= 0.6 is 0 Å². The van der Waals surface area contributed by atoms with Crippen molar-refractivity contribution < 1.29 is 13.9 Å². The number of para-hydroxylation sites is 1. The molecule has 4 aromatic carbocycles. The van der Waals surface area contributed by atoms with Gasteiger partial charge in [0.1, 0.15) is 29.8 Å². The number of fused-ring (bicyclic) bond motifs is 1.